The van der Waals surface area contributed by atoms with Crippen molar-refractivity contribution in [2.24, 2.45) is 0 Å². The second kappa shape index (κ2) is 6.84. The first-order chi connectivity index (χ1) is 10.2. The molecule has 21 heavy (non-hydrogen) atoms. The molecule has 0 heterocycles. The van der Waals surface area contributed by atoms with Crippen LogP contribution in [-0.2, 0) is 6.42 Å². The molecule has 2 aromatic carbocycles. The second-order valence-electron chi connectivity index (χ2n) is 4.67. The minimum absolute atomic E-state index is 0.723. The lowest BCUT2D eigenvalue weighted by molar-refractivity contribution is 0.392. The van der Waals surface area contributed by atoms with Crippen LogP contribution in [0, 0.1) is 0 Å². The number of hydrogen-bond donors (Lipinski definition) is 0. The van der Waals surface area contributed by atoms with Crippen LogP contribution in [0.2, 0.25) is 0 Å². The Kier molecular flexibility index (Phi) is 4.88. The molecule has 0 aliphatic rings. The molecule has 0 radical (unpaired) electrons. The van der Waals surface area contributed by atoms with E-state index in [1.165, 1.54) is 0 Å². The molecule has 0 amide bonds. The molecule has 2 rings (SSSR count). The fourth-order valence-corrected chi connectivity index (χ4v) is 2.28. The van der Waals surface area contributed by atoms with E-state index in [2.05, 4.69) is 6.58 Å². The Morgan fingerprint density at radius 1 is 0.857 bits per heavy atom. The Bertz CT molecular complexity index is 593. The van der Waals surface area contributed by atoms with Crippen LogP contribution in [0.1, 0.15) is 11.1 Å². The van der Waals surface area contributed by atoms with Gasteiger partial charge in [-0.15, -0.1) is 0 Å². The van der Waals surface area contributed by atoms with Crippen LogP contribution in [0.15, 0.2) is 49.0 Å². The van der Waals surface area contributed by atoms with E-state index in [1.807, 2.05) is 42.5 Å². The largest absolute Gasteiger partial charge is 0.497 e. The molecule has 0 unspecified atom stereocenters. The molecule has 0 saturated carbocycles. The lowest BCUT2D eigenvalue weighted by atomic mass is 9.98. The van der Waals surface area contributed by atoms with Crippen molar-refractivity contribution in [1.29, 1.82) is 0 Å². The van der Waals surface area contributed by atoms with E-state index in [4.69, 9.17) is 14.2 Å². The highest BCUT2D eigenvalue weighted by Crippen LogP contribution is 2.35. The Labute approximate surface area is 125 Å². The van der Waals surface area contributed by atoms with Gasteiger partial charge in [0.2, 0.25) is 0 Å². The first-order valence-electron chi connectivity index (χ1n) is 6.71. The van der Waals surface area contributed by atoms with Gasteiger partial charge in [-0.2, -0.15) is 0 Å². The lowest BCUT2D eigenvalue weighted by Crippen LogP contribution is -1.98. The minimum Gasteiger partial charge on any atom is -0.497 e. The topological polar surface area (TPSA) is 27.7 Å². The third-order valence-electron chi connectivity index (χ3n) is 3.36. The van der Waals surface area contributed by atoms with Crippen molar-refractivity contribution in [3.05, 3.63) is 60.2 Å². The summed E-state index contributed by atoms with van der Waals surface area (Å²) in [6.45, 7) is 4.19. The van der Waals surface area contributed by atoms with Gasteiger partial charge in [0, 0.05) is 0 Å². The van der Waals surface area contributed by atoms with E-state index >= 15 is 0 Å². The number of ether oxygens (including phenoxy) is 3. The van der Waals surface area contributed by atoms with Gasteiger partial charge in [-0.05, 0) is 41.8 Å². The molecule has 0 atom stereocenters. The highest BCUT2D eigenvalue weighted by Gasteiger charge is 2.13. The molecule has 0 aromatic heterocycles. The summed E-state index contributed by atoms with van der Waals surface area (Å²) in [5.41, 5.74) is 3.03. The van der Waals surface area contributed by atoms with Crippen molar-refractivity contribution >= 4 is 5.57 Å². The van der Waals surface area contributed by atoms with Crippen LogP contribution < -0.4 is 14.2 Å². The standard InChI is InChI=1S/C18H20O3/c1-13(12-14-8-10-15(19-2)11-9-14)18-16(20-3)6-5-7-17(18)21-4/h5-11H,1,12H2,2-4H3. The van der Waals surface area contributed by atoms with Crippen molar-refractivity contribution < 1.29 is 14.2 Å². The Morgan fingerprint density at radius 3 is 1.90 bits per heavy atom. The molecular weight excluding hydrogens is 264 g/mol. The number of methoxy groups -OCH3 is 3. The number of rotatable bonds is 6. The van der Waals surface area contributed by atoms with Gasteiger partial charge in [0.1, 0.15) is 17.2 Å². The van der Waals surface area contributed by atoms with Gasteiger partial charge in [-0.3, -0.25) is 0 Å². The van der Waals surface area contributed by atoms with Gasteiger partial charge in [-0.1, -0.05) is 24.8 Å². The summed E-state index contributed by atoms with van der Waals surface area (Å²) in [4.78, 5) is 0. The Morgan fingerprint density at radius 2 is 1.43 bits per heavy atom. The maximum Gasteiger partial charge on any atom is 0.130 e. The van der Waals surface area contributed by atoms with E-state index < -0.39 is 0 Å². The summed E-state index contributed by atoms with van der Waals surface area (Å²) in [5, 5.41) is 0. The molecular formula is C18H20O3. The number of hydrogen-bond acceptors (Lipinski definition) is 3. The van der Waals surface area contributed by atoms with E-state index in [0.717, 1.165) is 40.4 Å². The van der Waals surface area contributed by atoms with Crippen LogP contribution in [0.3, 0.4) is 0 Å². The monoisotopic (exact) mass is 284 g/mol. The summed E-state index contributed by atoms with van der Waals surface area (Å²) in [6.07, 6.45) is 0.723. The zero-order valence-corrected chi connectivity index (χ0v) is 12.7. The van der Waals surface area contributed by atoms with Crippen molar-refractivity contribution in [2.45, 2.75) is 6.42 Å². The molecule has 110 valence electrons. The number of allylic oxidation sites excluding steroid dienone is 1. The zero-order valence-electron chi connectivity index (χ0n) is 12.7. The van der Waals surface area contributed by atoms with Gasteiger partial charge >= 0.3 is 0 Å². The van der Waals surface area contributed by atoms with Gasteiger partial charge in [-0.25, -0.2) is 0 Å². The third kappa shape index (κ3) is 3.37. The normalized spacial score (nSPS) is 10.0. The van der Waals surface area contributed by atoms with Crippen LogP contribution in [0.4, 0.5) is 0 Å². The highest BCUT2D eigenvalue weighted by atomic mass is 16.5. The van der Waals surface area contributed by atoms with Crippen molar-refractivity contribution in [1.82, 2.24) is 0 Å². The summed E-state index contributed by atoms with van der Waals surface area (Å²) in [7, 11) is 4.96. The van der Waals surface area contributed by atoms with Crippen LogP contribution in [-0.4, -0.2) is 21.3 Å². The van der Waals surface area contributed by atoms with Crippen LogP contribution >= 0.6 is 0 Å². The number of benzene rings is 2. The average Bonchev–Trinajstić information content (AvgIpc) is 2.54. The van der Waals surface area contributed by atoms with E-state index in [0.29, 0.717) is 0 Å². The Balaban J connectivity index is 2.27. The average molecular weight is 284 g/mol. The minimum atomic E-state index is 0.723. The smallest absolute Gasteiger partial charge is 0.130 e. The predicted octanol–water partition coefficient (Wildman–Crippen LogP) is 3.97. The Hall–Kier alpha value is -2.42. The maximum absolute atomic E-state index is 5.42. The van der Waals surface area contributed by atoms with Crippen molar-refractivity contribution in [3.8, 4) is 17.2 Å². The summed E-state index contributed by atoms with van der Waals surface area (Å²) in [5.74, 6) is 2.39. The molecule has 0 fully saturated rings. The fraction of sp³-hybridized carbons (Fsp3) is 0.222. The molecule has 0 aliphatic carbocycles. The first-order valence-corrected chi connectivity index (χ1v) is 6.71. The quantitative estimate of drug-likeness (QED) is 0.803. The second-order valence-corrected chi connectivity index (χ2v) is 4.67. The van der Waals surface area contributed by atoms with Gasteiger partial charge in [0.15, 0.2) is 0 Å². The van der Waals surface area contributed by atoms with Crippen LogP contribution in [0.5, 0.6) is 17.2 Å². The van der Waals surface area contributed by atoms with E-state index in [-0.39, 0.29) is 0 Å². The van der Waals surface area contributed by atoms with E-state index in [1.54, 1.807) is 21.3 Å². The van der Waals surface area contributed by atoms with E-state index in [9.17, 15) is 0 Å². The molecule has 0 aliphatic heterocycles. The van der Waals surface area contributed by atoms with Crippen molar-refractivity contribution in [2.75, 3.05) is 21.3 Å². The summed E-state index contributed by atoms with van der Waals surface area (Å²) >= 11 is 0. The van der Waals surface area contributed by atoms with Gasteiger partial charge < -0.3 is 14.2 Å². The van der Waals surface area contributed by atoms with Gasteiger partial charge in [0.05, 0.1) is 26.9 Å². The van der Waals surface area contributed by atoms with Crippen LogP contribution in [0.25, 0.3) is 5.57 Å². The van der Waals surface area contributed by atoms with Crippen molar-refractivity contribution in [3.63, 3.8) is 0 Å². The third-order valence-corrected chi connectivity index (χ3v) is 3.36. The van der Waals surface area contributed by atoms with Gasteiger partial charge in [0.25, 0.3) is 0 Å². The molecule has 0 saturated heterocycles. The molecule has 0 spiro atoms. The summed E-state index contributed by atoms with van der Waals surface area (Å²) in [6, 6.07) is 13.7. The molecule has 0 N–H and O–H groups in total. The predicted molar refractivity (Wildman–Crippen MR) is 85.3 cm³/mol. The SMILES string of the molecule is C=C(Cc1ccc(OC)cc1)c1c(OC)cccc1OC. The fourth-order valence-electron chi connectivity index (χ4n) is 2.28. The lowest BCUT2D eigenvalue weighted by Gasteiger charge is -2.15. The molecule has 3 nitrogen and oxygen atoms in total. The first kappa shape index (κ1) is 15.0. The highest BCUT2D eigenvalue weighted by molar-refractivity contribution is 5.75. The molecule has 2 aromatic rings. The maximum atomic E-state index is 5.42. The zero-order chi connectivity index (χ0) is 15.2. The summed E-state index contributed by atoms with van der Waals surface area (Å²) < 4.78 is 16.0. The molecule has 3 heteroatoms. The molecule has 0 bridgehead atoms.